The van der Waals surface area contributed by atoms with Crippen molar-refractivity contribution < 1.29 is 17.6 Å². The number of nitrogens with one attached hydrogen (secondary N) is 1. The van der Waals surface area contributed by atoms with E-state index in [1.807, 2.05) is 31.2 Å². The molecule has 4 rings (SSSR count). The number of sulfonamides is 1. The van der Waals surface area contributed by atoms with Gasteiger partial charge in [0.05, 0.1) is 17.6 Å². The van der Waals surface area contributed by atoms with Crippen molar-refractivity contribution in [2.24, 2.45) is 5.92 Å². The number of hydrogen-bond acceptors (Lipinski definition) is 4. The lowest BCUT2D eigenvalue weighted by molar-refractivity contribution is -0.121. The number of rotatable bonds is 6. The molecule has 1 amide bonds. The second-order valence-electron chi connectivity index (χ2n) is 7.98. The second kappa shape index (κ2) is 9.22. The summed E-state index contributed by atoms with van der Waals surface area (Å²) in [5, 5.41) is 7.24. The molecule has 0 aliphatic carbocycles. The Hall–Kier alpha value is -3.04. The van der Waals surface area contributed by atoms with E-state index in [1.165, 1.54) is 22.0 Å². The van der Waals surface area contributed by atoms with Crippen molar-refractivity contribution in [3.63, 3.8) is 0 Å². The van der Waals surface area contributed by atoms with Crippen LogP contribution in [0.3, 0.4) is 0 Å². The Kier molecular flexibility index (Phi) is 6.38. The minimum Gasteiger partial charge on any atom is -0.311 e. The van der Waals surface area contributed by atoms with Crippen molar-refractivity contribution in [1.29, 1.82) is 0 Å². The molecule has 0 atom stereocenters. The minimum atomic E-state index is -3.70. The summed E-state index contributed by atoms with van der Waals surface area (Å²) in [5.74, 6) is -0.315. The van der Waals surface area contributed by atoms with Crippen molar-refractivity contribution in [2.45, 2.75) is 31.2 Å². The van der Waals surface area contributed by atoms with Crippen molar-refractivity contribution in [1.82, 2.24) is 14.1 Å². The number of carbonyl (C=O) groups is 1. The summed E-state index contributed by atoms with van der Waals surface area (Å²) < 4.78 is 41.7. The van der Waals surface area contributed by atoms with Crippen LogP contribution in [0, 0.1) is 18.7 Å². The molecule has 32 heavy (non-hydrogen) atoms. The number of aryl methyl sites for hydroxylation is 1. The normalized spacial score (nSPS) is 15.6. The fourth-order valence-electron chi connectivity index (χ4n) is 3.77. The van der Waals surface area contributed by atoms with Gasteiger partial charge in [-0.1, -0.05) is 29.8 Å². The molecule has 0 bridgehead atoms. The summed E-state index contributed by atoms with van der Waals surface area (Å²) in [4.78, 5) is 12.9. The van der Waals surface area contributed by atoms with Gasteiger partial charge in [-0.3, -0.25) is 4.79 Å². The molecule has 1 aliphatic rings. The molecule has 2 heterocycles. The Bertz CT molecular complexity index is 1180. The molecular weight excluding hydrogens is 431 g/mol. The van der Waals surface area contributed by atoms with E-state index in [2.05, 4.69) is 10.4 Å². The summed E-state index contributed by atoms with van der Waals surface area (Å²) in [6.07, 6.45) is 2.47. The Morgan fingerprint density at radius 2 is 1.72 bits per heavy atom. The number of nitrogens with zero attached hydrogens (tertiary/aromatic N) is 3. The zero-order valence-corrected chi connectivity index (χ0v) is 18.6. The number of halogens is 1. The third-order valence-electron chi connectivity index (χ3n) is 5.70. The smallest absolute Gasteiger partial charge is 0.243 e. The Balaban J connectivity index is 1.36. The molecule has 7 nitrogen and oxygen atoms in total. The zero-order chi connectivity index (χ0) is 22.7. The highest BCUT2D eigenvalue weighted by molar-refractivity contribution is 7.89. The fourth-order valence-corrected chi connectivity index (χ4v) is 5.24. The molecule has 168 valence electrons. The van der Waals surface area contributed by atoms with Gasteiger partial charge in [-0.15, -0.1) is 0 Å². The van der Waals surface area contributed by atoms with Crippen LogP contribution in [0.2, 0.25) is 0 Å². The van der Waals surface area contributed by atoms with Crippen LogP contribution < -0.4 is 5.32 Å². The summed E-state index contributed by atoms with van der Waals surface area (Å²) in [5.41, 5.74) is 2.25. The number of benzene rings is 2. The zero-order valence-electron chi connectivity index (χ0n) is 17.7. The van der Waals surface area contributed by atoms with E-state index in [-0.39, 0.29) is 29.8 Å². The van der Waals surface area contributed by atoms with Crippen LogP contribution in [-0.2, 0) is 21.4 Å². The third-order valence-corrected chi connectivity index (χ3v) is 7.61. The Labute approximate surface area is 186 Å². The number of aromatic nitrogens is 2. The maximum atomic E-state index is 13.1. The first kappa shape index (κ1) is 22.2. The van der Waals surface area contributed by atoms with Crippen molar-refractivity contribution in [3.8, 4) is 0 Å². The molecule has 0 spiro atoms. The molecule has 1 aromatic heterocycles. The molecule has 1 fully saturated rings. The number of amides is 1. The molecule has 2 aromatic carbocycles. The predicted molar refractivity (Wildman–Crippen MR) is 119 cm³/mol. The lowest BCUT2D eigenvalue weighted by atomic mass is 9.97. The van der Waals surface area contributed by atoms with Gasteiger partial charge in [0.15, 0.2) is 0 Å². The molecule has 3 aromatic rings. The summed E-state index contributed by atoms with van der Waals surface area (Å²) in [6, 6.07) is 14.7. The highest BCUT2D eigenvalue weighted by Gasteiger charge is 2.32. The average Bonchev–Trinajstić information content (AvgIpc) is 3.22. The van der Waals surface area contributed by atoms with Crippen molar-refractivity contribution in [2.75, 3.05) is 18.4 Å². The number of carbonyl (C=O) groups excluding carboxylic acids is 1. The number of anilines is 1. The number of piperidine rings is 1. The van der Waals surface area contributed by atoms with Gasteiger partial charge in [0.1, 0.15) is 11.6 Å². The second-order valence-corrected chi connectivity index (χ2v) is 9.92. The number of hydrogen-bond donors (Lipinski definition) is 1. The monoisotopic (exact) mass is 456 g/mol. The van der Waals surface area contributed by atoms with Crippen LogP contribution in [-0.4, -0.2) is 41.5 Å². The van der Waals surface area contributed by atoms with E-state index in [9.17, 15) is 17.6 Å². The van der Waals surface area contributed by atoms with Crippen LogP contribution >= 0.6 is 0 Å². The van der Waals surface area contributed by atoms with Gasteiger partial charge in [0.2, 0.25) is 15.9 Å². The van der Waals surface area contributed by atoms with Crippen molar-refractivity contribution >= 4 is 21.7 Å². The molecule has 1 saturated heterocycles. The first-order valence-corrected chi connectivity index (χ1v) is 11.9. The van der Waals surface area contributed by atoms with Crippen LogP contribution in [0.1, 0.15) is 24.0 Å². The van der Waals surface area contributed by atoms with Crippen LogP contribution in [0.5, 0.6) is 0 Å². The van der Waals surface area contributed by atoms with Crippen LogP contribution in [0.25, 0.3) is 0 Å². The summed E-state index contributed by atoms with van der Waals surface area (Å²) in [6.45, 7) is 3.04. The fraction of sp³-hybridized carbons (Fsp3) is 0.304. The van der Waals surface area contributed by atoms with Crippen molar-refractivity contribution in [3.05, 3.63) is 77.7 Å². The molecule has 0 saturated carbocycles. The van der Waals surface area contributed by atoms with E-state index < -0.39 is 15.8 Å². The maximum Gasteiger partial charge on any atom is 0.243 e. The summed E-state index contributed by atoms with van der Waals surface area (Å²) in [7, 11) is -3.70. The van der Waals surface area contributed by atoms with Crippen LogP contribution in [0.15, 0.2) is 65.7 Å². The van der Waals surface area contributed by atoms with E-state index in [0.29, 0.717) is 25.2 Å². The van der Waals surface area contributed by atoms with Gasteiger partial charge in [-0.25, -0.2) is 17.5 Å². The van der Waals surface area contributed by atoms with Gasteiger partial charge >= 0.3 is 0 Å². The molecular formula is C23H25FN4O3S. The minimum absolute atomic E-state index is 0.0572. The lowest BCUT2D eigenvalue weighted by Crippen LogP contribution is -2.41. The van der Waals surface area contributed by atoms with Gasteiger partial charge in [-0.05, 0) is 49.6 Å². The predicted octanol–water partition coefficient (Wildman–Crippen LogP) is 3.42. The Morgan fingerprint density at radius 3 is 2.38 bits per heavy atom. The average molecular weight is 457 g/mol. The third kappa shape index (κ3) is 4.89. The van der Waals surface area contributed by atoms with E-state index in [1.54, 1.807) is 16.9 Å². The molecule has 0 unspecified atom stereocenters. The van der Waals surface area contributed by atoms with Crippen LogP contribution in [0.4, 0.5) is 10.2 Å². The highest BCUT2D eigenvalue weighted by atomic mass is 32.2. The maximum absolute atomic E-state index is 13.1. The van der Waals surface area contributed by atoms with Gasteiger partial charge in [0.25, 0.3) is 0 Å². The molecule has 0 radical (unpaired) electrons. The first-order chi connectivity index (χ1) is 15.3. The van der Waals surface area contributed by atoms with E-state index in [4.69, 9.17) is 0 Å². The van der Waals surface area contributed by atoms with E-state index in [0.717, 1.165) is 17.7 Å². The topological polar surface area (TPSA) is 84.3 Å². The Morgan fingerprint density at radius 1 is 1.06 bits per heavy atom. The van der Waals surface area contributed by atoms with Gasteiger partial charge in [-0.2, -0.15) is 9.40 Å². The largest absolute Gasteiger partial charge is 0.311 e. The molecule has 1 N–H and O–H groups in total. The quantitative estimate of drug-likeness (QED) is 0.616. The standard InChI is InChI=1S/C23H25FN4O3S/c1-17-2-4-18(5-3-17)16-28-22(10-13-25-28)26-23(29)19-11-14-27(15-12-19)32(30,31)21-8-6-20(24)7-9-21/h2-10,13,19H,11-12,14-16H2,1H3,(H,26,29). The molecule has 1 aliphatic heterocycles. The SMILES string of the molecule is Cc1ccc(Cn2nccc2NC(=O)C2CCN(S(=O)(=O)c3ccc(F)cc3)CC2)cc1. The highest BCUT2D eigenvalue weighted by Crippen LogP contribution is 2.25. The van der Waals surface area contributed by atoms with Gasteiger partial charge < -0.3 is 5.32 Å². The van der Waals surface area contributed by atoms with E-state index >= 15 is 0 Å². The first-order valence-electron chi connectivity index (χ1n) is 10.5. The summed E-state index contributed by atoms with van der Waals surface area (Å²) >= 11 is 0. The molecule has 9 heteroatoms. The lowest BCUT2D eigenvalue weighted by Gasteiger charge is -2.30. The van der Waals surface area contributed by atoms with Gasteiger partial charge in [0, 0.05) is 25.1 Å².